The standard InChI is InChI=1S/C27H37NO3/c1-27(2,3)25-14-9-13-24(26(29)30)23(25)12-7-8-17-28-18-15-22(16-19-28)31-20-21-10-5-4-6-11-21/h4-6,9-11,13-14,22H,7-8,12,15-20H2,1-3H3,(H,29,30). The first-order chi connectivity index (χ1) is 14.8. The Labute approximate surface area is 187 Å². The SMILES string of the molecule is CC(C)(C)c1cccc(C(=O)O)c1CCCCN1CCC(OCc2ccccc2)CC1. The number of carboxylic acid groups (broad SMARTS) is 1. The minimum atomic E-state index is -0.821. The second-order valence-electron chi connectivity index (χ2n) is 9.68. The van der Waals surface area contributed by atoms with E-state index < -0.39 is 5.97 Å². The summed E-state index contributed by atoms with van der Waals surface area (Å²) in [6, 6.07) is 16.1. The van der Waals surface area contributed by atoms with Crippen LogP contribution in [0.15, 0.2) is 48.5 Å². The lowest BCUT2D eigenvalue weighted by Crippen LogP contribution is -2.37. The number of aromatic carboxylic acids is 1. The molecule has 3 rings (SSSR count). The van der Waals surface area contributed by atoms with Gasteiger partial charge >= 0.3 is 5.97 Å². The summed E-state index contributed by atoms with van der Waals surface area (Å²) in [4.78, 5) is 14.3. The molecular formula is C27H37NO3. The maximum atomic E-state index is 11.7. The van der Waals surface area contributed by atoms with Crippen LogP contribution in [-0.4, -0.2) is 41.7 Å². The molecular weight excluding hydrogens is 386 g/mol. The van der Waals surface area contributed by atoms with Gasteiger partial charge in [0, 0.05) is 13.1 Å². The average molecular weight is 424 g/mol. The van der Waals surface area contributed by atoms with Crippen molar-refractivity contribution >= 4 is 5.97 Å². The van der Waals surface area contributed by atoms with Crippen LogP contribution in [0.1, 0.15) is 73.5 Å². The number of likely N-dealkylation sites (tertiary alicyclic amines) is 1. The number of nitrogens with zero attached hydrogens (tertiary/aromatic N) is 1. The first-order valence-electron chi connectivity index (χ1n) is 11.6. The van der Waals surface area contributed by atoms with Crippen molar-refractivity contribution in [3.05, 3.63) is 70.8 Å². The third-order valence-corrected chi connectivity index (χ3v) is 6.23. The topological polar surface area (TPSA) is 49.8 Å². The van der Waals surface area contributed by atoms with Crippen LogP contribution in [0.3, 0.4) is 0 Å². The Hall–Kier alpha value is -2.17. The predicted octanol–water partition coefficient (Wildman–Crippen LogP) is 5.69. The molecule has 2 aromatic carbocycles. The summed E-state index contributed by atoms with van der Waals surface area (Å²) >= 11 is 0. The zero-order chi connectivity index (χ0) is 22.3. The monoisotopic (exact) mass is 423 g/mol. The van der Waals surface area contributed by atoms with Crippen LogP contribution in [0.2, 0.25) is 0 Å². The third-order valence-electron chi connectivity index (χ3n) is 6.23. The van der Waals surface area contributed by atoms with E-state index in [2.05, 4.69) is 56.0 Å². The Morgan fingerprint density at radius 1 is 1.03 bits per heavy atom. The number of benzene rings is 2. The number of carbonyl (C=O) groups is 1. The van der Waals surface area contributed by atoms with E-state index in [-0.39, 0.29) is 5.41 Å². The van der Waals surface area contributed by atoms with Crippen molar-refractivity contribution < 1.29 is 14.6 Å². The van der Waals surface area contributed by atoms with Gasteiger partial charge in [-0.3, -0.25) is 0 Å². The summed E-state index contributed by atoms with van der Waals surface area (Å²) in [5.74, 6) is -0.821. The molecule has 4 heteroatoms. The van der Waals surface area contributed by atoms with Crippen molar-refractivity contribution in [2.24, 2.45) is 0 Å². The number of ether oxygens (including phenoxy) is 1. The highest BCUT2D eigenvalue weighted by molar-refractivity contribution is 5.90. The number of rotatable bonds is 9. The van der Waals surface area contributed by atoms with Crippen molar-refractivity contribution in [1.82, 2.24) is 4.90 Å². The highest BCUT2D eigenvalue weighted by Crippen LogP contribution is 2.29. The number of unbranched alkanes of at least 4 members (excludes halogenated alkanes) is 1. The Kier molecular flexibility index (Phi) is 8.28. The molecule has 1 saturated heterocycles. The van der Waals surface area contributed by atoms with Gasteiger partial charge in [0.15, 0.2) is 0 Å². The summed E-state index contributed by atoms with van der Waals surface area (Å²) in [7, 11) is 0. The smallest absolute Gasteiger partial charge is 0.335 e. The summed E-state index contributed by atoms with van der Waals surface area (Å²) in [6.07, 6.45) is 5.45. The molecule has 1 heterocycles. The maximum absolute atomic E-state index is 11.7. The van der Waals surface area contributed by atoms with E-state index >= 15 is 0 Å². The molecule has 0 amide bonds. The van der Waals surface area contributed by atoms with E-state index in [4.69, 9.17) is 4.74 Å². The summed E-state index contributed by atoms with van der Waals surface area (Å²) < 4.78 is 6.10. The average Bonchev–Trinajstić information content (AvgIpc) is 2.76. The van der Waals surface area contributed by atoms with E-state index in [1.165, 1.54) is 5.56 Å². The van der Waals surface area contributed by atoms with E-state index in [1.807, 2.05) is 12.1 Å². The fraction of sp³-hybridized carbons (Fsp3) is 0.519. The highest BCUT2D eigenvalue weighted by atomic mass is 16.5. The zero-order valence-corrected chi connectivity index (χ0v) is 19.3. The van der Waals surface area contributed by atoms with E-state index in [9.17, 15) is 9.90 Å². The fourth-order valence-corrected chi connectivity index (χ4v) is 4.48. The van der Waals surface area contributed by atoms with E-state index in [0.29, 0.717) is 18.3 Å². The molecule has 0 aliphatic carbocycles. The van der Waals surface area contributed by atoms with Crippen molar-refractivity contribution in [3.63, 3.8) is 0 Å². The molecule has 0 spiro atoms. The summed E-state index contributed by atoms with van der Waals surface area (Å²) in [5.41, 5.74) is 3.81. The molecule has 0 radical (unpaired) electrons. The lowest BCUT2D eigenvalue weighted by atomic mass is 9.80. The minimum absolute atomic E-state index is 0.0531. The molecule has 0 aromatic heterocycles. The van der Waals surface area contributed by atoms with Gasteiger partial charge in [-0.1, -0.05) is 63.2 Å². The molecule has 0 atom stereocenters. The van der Waals surface area contributed by atoms with Gasteiger partial charge in [-0.2, -0.15) is 0 Å². The quantitative estimate of drug-likeness (QED) is 0.527. The molecule has 31 heavy (non-hydrogen) atoms. The normalized spacial score (nSPS) is 15.8. The molecule has 4 nitrogen and oxygen atoms in total. The van der Waals surface area contributed by atoms with E-state index in [0.717, 1.165) is 62.9 Å². The van der Waals surface area contributed by atoms with Crippen molar-refractivity contribution in [1.29, 1.82) is 0 Å². The van der Waals surface area contributed by atoms with Crippen molar-refractivity contribution in [2.45, 2.75) is 71.0 Å². The number of carboxylic acids is 1. The van der Waals surface area contributed by atoms with Crippen LogP contribution in [0.25, 0.3) is 0 Å². The van der Waals surface area contributed by atoms with Crippen molar-refractivity contribution in [3.8, 4) is 0 Å². The largest absolute Gasteiger partial charge is 0.478 e. The minimum Gasteiger partial charge on any atom is -0.478 e. The zero-order valence-electron chi connectivity index (χ0n) is 19.3. The lowest BCUT2D eigenvalue weighted by Gasteiger charge is -2.32. The maximum Gasteiger partial charge on any atom is 0.335 e. The Bertz CT molecular complexity index is 833. The Morgan fingerprint density at radius 2 is 1.74 bits per heavy atom. The van der Waals surface area contributed by atoms with Crippen LogP contribution < -0.4 is 0 Å². The van der Waals surface area contributed by atoms with Crippen LogP contribution in [0.5, 0.6) is 0 Å². The second kappa shape index (κ2) is 10.9. The molecule has 0 unspecified atom stereocenters. The summed E-state index contributed by atoms with van der Waals surface area (Å²) in [6.45, 7) is 10.4. The predicted molar refractivity (Wildman–Crippen MR) is 126 cm³/mol. The van der Waals surface area contributed by atoms with Gasteiger partial charge in [0.2, 0.25) is 0 Å². The van der Waals surface area contributed by atoms with E-state index in [1.54, 1.807) is 6.07 Å². The van der Waals surface area contributed by atoms with Gasteiger partial charge < -0.3 is 14.7 Å². The highest BCUT2D eigenvalue weighted by Gasteiger charge is 2.23. The van der Waals surface area contributed by atoms with Gasteiger partial charge in [-0.25, -0.2) is 4.79 Å². The molecule has 2 aromatic rings. The van der Waals surface area contributed by atoms with Crippen molar-refractivity contribution in [2.75, 3.05) is 19.6 Å². The molecule has 1 fully saturated rings. The van der Waals surface area contributed by atoms with Crippen LogP contribution in [-0.2, 0) is 23.2 Å². The molecule has 1 N–H and O–H groups in total. The number of piperidine rings is 1. The molecule has 0 saturated carbocycles. The number of hydrogen-bond acceptors (Lipinski definition) is 3. The summed E-state index contributed by atoms with van der Waals surface area (Å²) in [5, 5.41) is 9.64. The third kappa shape index (κ3) is 6.91. The fourth-order valence-electron chi connectivity index (χ4n) is 4.48. The van der Waals surface area contributed by atoms with Crippen LogP contribution in [0, 0.1) is 0 Å². The van der Waals surface area contributed by atoms with Gasteiger partial charge in [0.1, 0.15) is 0 Å². The number of hydrogen-bond donors (Lipinski definition) is 1. The van der Waals surface area contributed by atoms with Gasteiger partial charge in [0.25, 0.3) is 0 Å². The van der Waals surface area contributed by atoms with Gasteiger partial charge in [0.05, 0.1) is 18.3 Å². The van der Waals surface area contributed by atoms with Gasteiger partial charge in [-0.05, 0) is 66.8 Å². The van der Waals surface area contributed by atoms with Crippen LogP contribution in [0.4, 0.5) is 0 Å². The molecule has 1 aliphatic heterocycles. The molecule has 1 aliphatic rings. The second-order valence-corrected chi connectivity index (χ2v) is 9.68. The Morgan fingerprint density at radius 3 is 2.39 bits per heavy atom. The first-order valence-corrected chi connectivity index (χ1v) is 11.6. The Balaban J connectivity index is 1.42. The van der Waals surface area contributed by atoms with Crippen LogP contribution >= 0.6 is 0 Å². The molecule has 168 valence electrons. The van der Waals surface area contributed by atoms with Gasteiger partial charge in [-0.15, -0.1) is 0 Å². The molecule has 0 bridgehead atoms. The first kappa shape index (κ1) is 23.5. The lowest BCUT2D eigenvalue weighted by molar-refractivity contribution is -0.00262.